The molecule has 1 aliphatic carbocycles. The van der Waals surface area contributed by atoms with Crippen LogP contribution in [-0.2, 0) is 4.79 Å². The van der Waals surface area contributed by atoms with Crippen LogP contribution in [0.3, 0.4) is 0 Å². The fourth-order valence-electron chi connectivity index (χ4n) is 2.32. The molecule has 4 nitrogen and oxygen atoms in total. The number of aliphatic hydroxyl groups is 1. The minimum Gasteiger partial charge on any atom is -0.475 e. The van der Waals surface area contributed by atoms with E-state index in [2.05, 4.69) is 5.32 Å². The van der Waals surface area contributed by atoms with E-state index in [0.29, 0.717) is 12.0 Å². The van der Waals surface area contributed by atoms with Crippen LogP contribution in [-0.4, -0.2) is 42.1 Å². The smallest absolute Gasteiger partial charge is 0.475 e. The third kappa shape index (κ3) is 3.85. The highest BCUT2D eigenvalue weighted by atomic mass is 19.4. The van der Waals surface area contributed by atoms with Gasteiger partial charge in [-0.3, -0.25) is 0 Å². The van der Waals surface area contributed by atoms with Crippen molar-refractivity contribution in [3.05, 3.63) is 0 Å². The molecule has 0 aromatic rings. The Morgan fingerprint density at radius 2 is 1.82 bits per heavy atom. The zero-order valence-electron chi connectivity index (χ0n) is 9.26. The van der Waals surface area contributed by atoms with Crippen molar-refractivity contribution in [1.82, 2.24) is 5.32 Å². The number of alkyl halides is 3. The van der Waals surface area contributed by atoms with Crippen LogP contribution in [0.15, 0.2) is 0 Å². The van der Waals surface area contributed by atoms with E-state index in [1.54, 1.807) is 0 Å². The maximum atomic E-state index is 10.6. The van der Waals surface area contributed by atoms with Crippen molar-refractivity contribution in [1.29, 1.82) is 0 Å². The van der Waals surface area contributed by atoms with E-state index in [0.717, 1.165) is 12.3 Å². The second-order valence-corrected chi connectivity index (χ2v) is 4.69. The Bertz CT molecular complexity index is 268. The average molecular weight is 255 g/mol. The normalized spacial score (nSPS) is 22.1. The number of aliphatic hydroxyl groups excluding tert-OH is 1. The number of aliphatic carboxylic acids is 1. The minimum absolute atomic E-state index is 0.383. The van der Waals surface area contributed by atoms with E-state index < -0.39 is 12.1 Å². The summed E-state index contributed by atoms with van der Waals surface area (Å²) in [7, 11) is 0. The molecule has 1 aliphatic heterocycles. The van der Waals surface area contributed by atoms with Crippen LogP contribution in [0.5, 0.6) is 0 Å². The molecular weight excluding hydrogens is 239 g/mol. The van der Waals surface area contributed by atoms with Crippen molar-refractivity contribution in [3.8, 4) is 0 Å². The Hall–Kier alpha value is -0.820. The average Bonchev–Trinajstić information content (AvgIpc) is 2.06. The van der Waals surface area contributed by atoms with Crippen molar-refractivity contribution in [2.45, 2.75) is 25.4 Å². The van der Waals surface area contributed by atoms with E-state index in [4.69, 9.17) is 15.0 Å². The van der Waals surface area contributed by atoms with Gasteiger partial charge in [-0.25, -0.2) is 4.79 Å². The summed E-state index contributed by atoms with van der Waals surface area (Å²) in [6.45, 7) is 2.85. The summed E-state index contributed by atoms with van der Waals surface area (Å²) < 4.78 is 31.7. The molecule has 1 spiro atoms. The molecule has 0 amide bonds. The number of carbonyl (C=O) groups is 1. The molecule has 0 unspecified atom stereocenters. The molecule has 7 heteroatoms. The molecule has 1 saturated carbocycles. The summed E-state index contributed by atoms with van der Waals surface area (Å²) in [6, 6.07) is 0. The molecule has 0 aromatic heterocycles. The Morgan fingerprint density at radius 1 is 1.35 bits per heavy atom. The lowest BCUT2D eigenvalue weighted by molar-refractivity contribution is -0.192. The summed E-state index contributed by atoms with van der Waals surface area (Å²) in [5, 5.41) is 19.1. The Balaban J connectivity index is 0.000000185. The second-order valence-electron chi connectivity index (χ2n) is 4.69. The van der Waals surface area contributed by atoms with Crippen LogP contribution in [0.1, 0.15) is 19.3 Å². The lowest BCUT2D eigenvalue weighted by Gasteiger charge is -2.54. The molecule has 2 aliphatic rings. The molecule has 0 radical (unpaired) electrons. The van der Waals surface area contributed by atoms with Crippen LogP contribution in [0.25, 0.3) is 0 Å². The van der Waals surface area contributed by atoms with Crippen LogP contribution in [0, 0.1) is 11.3 Å². The van der Waals surface area contributed by atoms with Crippen LogP contribution < -0.4 is 5.32 Å². The quantitative estimate of drug-likeness (QED) is 0.688. The predicted molar refractivity (Wildman–Crippen MR) is 53.4 cm³/mol. The number of nitrogens with one attached hydrogen (secondary N) is 1. The second kappa shape index (κ2) is 5.22. The first-order valence-electron chi connectivity index (χ1n) is 5.41. The van der Waals surface area contributed by atoms with E-state index in [9.17, 15) is 13.2 Å². The number of hydrogen-bond donors (Lipinski definition) is 3. The molecule has 0 aromatic carbocycles. The van der Waals surface area contributed by atoms with Gasteiger partial charge in [0, 0.05) is 19.7 Å². The van der Waals surface area contributed by atoms with E-state index in [1.165, 1.54) is 25.9 Å². The molecule has 2 fully saturated rings. The first-order chi connectivity index (χ1) is 7.79. The van der Waals surface area contributed by atoms with Gasteiger partial charge >= 0.3 is 12.1 Å². The molecule has 2 rings (SSSR count). The summed E-state index contributed by atoms with van der Waals surface area (Å²) in [6.07, 6.45) is -1.33. The number of halogens is 3. The van der Waals surface area contributed by atoms with E-state index >= 15 is 0 Å². The predicted octanol–water partition coefficient (Wildman–Crippen LogP) is 1.00. The van der Waals surface area contributed by atoms with Gasteiger partial charge in [-0.1, -0.05) is 0 Å². The fraction of sp³-hybridized carbons (Fsp3) is 0.900. The zero-order valence-corrected chi connectivity index (χ0v) is 9.26. The largest absolute Gasteiger partial charge is 0.490 e. The molecule has 0 bridgehead atoms. The van der Waals surface area contributed by atoms with Gasteiger partial charge in [0.15, 0.2) is 0 Å². The number of rotatable bonds is 2. The SMILES string of the molecule is O=C(O)C(F)(F)F.OCCC1CC2(CNC2)C1. The fourth-order valence-corrected chi connectivity index (χ4v) is 2.32. The van der Waals surface area contributed by atoms with Crippen LogP contribution in [0.4, 0.5) is 13.2 Å². The Labute approximate surface area is 96.8 Å². The molecule has 0 atom stereocenters. The molecule has 100 valence electrons. The third-order valence-electron chi connectivity index (χ3n) is 3.22. The van der Waals surface area contributed by atoms with E-state index in [-0.39, 0.29) is 0 Å². The van der Waals surface area contributed by atoms with Crippen molar-refractivity contribution in [2.24, 2.45) is 11.3 Å². The van der Waals surface area contributed by atoms with Gasteiger partial charge in [-0.2, -0.15) is 13.2 Å². The molecule has 3 N–H and O–H groups in total. The summed E-state index contributed by atoms with van der Waals surface area (Å²) in [5.41, 5.74) is 0.694. The van der Waals surface area contributed by atoms with Crippen molar-refractivity contribution < 1.29 is 28.2 Å². The van der Waals surface area contributed by atoms with Gasteiger partial charge in [-0.15, -0.1) is 0 Å². The standard InChI is InChI=1S/C8H15NO.C2HF3O2/c10-2-1-7-3-8(4-7)5-9-6-8;3-2(4,5)1(6)7/h7,9-10H,1-6H2;(H,6,7). The lowest BCUT2D eigenvalue weighted by atomic mass is 9.58. The molecule has 1 heterocycles. The van der Waals surface area contributed by atoms with Gasteiger partial charge in [0.1, 0.15) is 0 Å². The van der Waals surface area contributed by atoms with Gasteiger partial charge < -0.3 is 15.5 Å². The van der Waals surface area contributed by atoms with Crippen LogP contribution in [0.2, 0.25) is 0 Å². The van der Waals surface area contributed by atoms with Gasteiger partial charge in [0.25, 0.3) is 0 Å². The number of carboxylic acids is 1. The summed E-state index contributed by atoms with van der Waals surface area (Å²) in [5.74, 6) is -1.92. The first kappa shape index (κ1) is 14.2. The monoisotopic (exact) mass is 255 g/mol. The highest BCUT2D eigenvalue weighted by Crippen LogP contribution is 2.49. The number of carboxylic acid groups (broad SMARTS) is 1. The zero-order chi connectivity index (χ0) is 13.1. The number of hydrogen-bond acceptors (Lipinski definition) is 3. The van der Waals surface area contributed by atoms with E-state index in [1.807, 2.05) is 0 Å². The van der Waals surface area contributed by atoms with Crippen molar-refractivity contribution in [2.75, 3.05) is 19.7 Å². The van der Waals surface area contributed by atoms with Gasteiger partial charge in [-0.05, 0) is 30.6 Å². The van der Waals surface area contributed by atoms with Crippen LogP contribution >= 0.6 is 0 Å². The highest BCUT2D eigenvalue weighted by molar-refractivity contribution is 5.73. The maximum absolute atomic E-state index is 10.6. The lowest BCUT2D eigenvalue weighted by Crippen LogP contribution is -2.60. The minimum atomic E-state index is -5.08. The Morgan fingerprint density at radius 3 is 2.06 bits per heavy atom. The molecule has 17 heavy (non-hydrogen) atoms. The topological polar surface area (TPSA) is 69.6 Å². The van der Waals surface area contributed by atoms with Gasteiger partial charge in [0.05, 0.1) is 0 Å². The summed E-state index contributed by atoms with van der Waals surface area (Å²) >= 11 is 0. The first-order valence-corrected chi connectivity index (χ1v) is 5.41. The molecular formula is C10H16F3NO3. The van der Waals surface area contributed by atoms with Crippen molar-refractivity contribution >= 4 is 5.97 Å². The van der Waals surface area contributed by atoms with Crippen molar-refractivity contribution in [3.63, 3.8) is 0 Å². The Kier molecular flexibility index (Phi) is 4.37. The summed E-state index contributed by atoms with van der Waals surface area (Å²) in [4.78, 5) is 8.90. The molecule has 1 saturated heterocycles. The maximum Gasteiger partial charge on any atom is 0.490 e. The highest BCUT2D eigenvalue weighted by Gasteiger charge is 2.47. The third-order valence-corrected chi connectivity index (χ3v) is 3.22. The van der Waals surface area contributed by atoms with Gasteiger partial charge in [0.2, 0.25) is 0 Å².